The van der Waals surface area contributed by atoms with Crippen LogP contribution in [0.2, 0.25) is 0 Å². The van der Waals surface area contributed by atoms with Gasteiger partial charge in [0, 0.05) is 11.3 Å². The van der Waals surface area contributed by atoms with Gasteiger partial charge in [-0.1, -0.05) is 66.7 Å². The number of aryl methyl sites for hydroxylation is 1. The lowest BCUT2D eigenvalue weighted by molar-refractivity contribution is 0.0694. The molecule has 0 aliphatic heterocycles. The second kappa shape index (κ2) is 6.92. The summed E-state index contributed by atoms with van der Waals surface area (Å²) in [5.41, 5.74) is 4.62. The fourth-order valence-corrected chi connectivity index (χ4v) is 5.20. The summed E-state index contributed by atoms with van der Waals surface area (Å²) in [6.45, 7) is 0. The van der Waals surface area contributed by atoms with E-state index in [-0.39, 0.29) is 5.92 Å². The number of pyridine rings is 1. The van der Waals surface area contributed by atoms with Crippen LogP contribution in [0.3, 0.4) is 0 Å². The molecule has 1 unspecified atom stereocenters. The predicted octanol–water partition coefficient (Wildman–Crippen LogP) is 6.51. The van der Waals surface area contributed by atoms with E-state index in [1.807, 2.05) is 24.3 Å². The van der Waals surface area contributed by atoms with Crippen LogP contribution < -0.4 is 0 Å². The minimum atomic E-state index is -0.900. The zero-order valence-corrected chi connectivity index (χ0v) is 17.0. The fraction of sp³-hybridized carbons (Fsp3) is 0.143. The van der Waals surface area contributed by atoms with E-state index in [1.165, 1.54) is 32.7 Å². The van der Waals surface area contributed by atoms with Crippen molar-refractivity contribution in [3.63, 3.8) is 0 Å². The highest BCUT2D eigenvalue weighted by atomic mass is 16.4. The van der Waals surface area contributed by atoms with Crippen molar-refractivity contribution in [2.75, 3.05) is 0 Å². The number of benzene rings is 4. The third kappa shape index (κ3) is 2.89. The minimum Gasteiger partial charge on any atom is -0.478 e. The first kappa shape index (κ1) is 18.1. The van der Waals surface area contributed by atoms with Crippen molar-refractivity contribution >= 4 is 38.4 Å². The Hall–Kier alpha value is -3.72. The number of rotatable bonds is 2. The molecular weight excluding hydrogens is 382 g/mol. The number of aromatic nitrogens is 1. The third-order valence-corrected chi connectivity index (χ3v) is 6.72. The zero-order valence-electron chi connectivity index (χ0n) is 17.0. The molecule has 0 bridgehead atoms. The van der Waals surface area contributed by atoms with E-state index in [0.717, 1.165) is 35.9 Å². The first-order chi connectivity index (χ1) is 15.2. The van der Waals surface area contributed by atoms with Gasteiger partial charge in [-0.2, -0.15) is 0 Å². The number of aromatic carboxylic acids is 1. The van der Waals surface area contributed by atoms with E-state index >= 15 is 0 Å². The fourth-order valence-electron chi connectivity index (χ4n) is 5.20. The van der Waals surface area contributed by atoms with Crippen molar-refractivity contribution in [1.82, 2.24) is 4.98 Å². The summed E-state index contributed by atoms with van der Waals surface area (Å²) in [6, 6.07) is 26.9. The van der Waals surface area contributed by atoms with E-state index in [4.69, 9.17) is 4.98 Å². The molecule has 0 radical (unpaired) electrons. The molecule has 0 saturated heterocycles. The topological polar surface area (TPSA) is 50.2 Å². The second-order valence-electron chi connectivity index (χ2n) is 8.44. The summed E-state index contributed by atoms with van der Waals surface area (Å²) >= 11 is 0. The highest BCUT2D eigenvalue weighted by molar-refractivity contribution is 6.08. The normalized spacial score (nSPS) is 15.9. The van der Waals surface area contributed by atoms with Crippen molar-refractivity contribution in [1.29, 1.82) is 0 Å². The molecule has 1 aliphatic rings. The molecule has 1 atom stereocenters. The molecule has 1 aliphatic carbocycles. The molecule has 1 N–H and O–H groups in total. The van der Waals surface area contributed by atoms with Crippen molar-refractivity contribution in [2.24, 2.45) is 0 Å². The van der Waals surface area contributed by atoms with Gasteiger partial charge in [-0.05, 0) is 64.1 Å². The Morgan fingerprint density at radius 3 is 2.48 bits per heavy atom. The highest BCUT2D eigenvalue weighted by Crippen LogP contribution is 2.39. The van der Waals surface area contributed by atoms with Crippen LogP contribution in [-0.2, 0) is 12.8 Å². The first-order valence-corrected chi connectivity index (χ1v) is 10.7. The Morgan fingerprint density at radius 2 is 1.61 bits per heavy atom. The van der Waals surface area contributed by atoms with E-state index in [2.05, 4.69) is 48.5 Å². The summed E-state index contributed by atoms with van der Waals surface area (Å²) in [4.78, 5) is 16.9. The standard InChI is InChI=1S/C28H21NO2/c30-28(31)25-15-19-6-2-4-8-26(19)29-27(25)20-10-9-18-12-13-22-21-7-3-1-5-17(21)11-14-23(22)24(18)16-20/h1-8,11-15,20H,9-10,16H2,(H,30,31). The first-order valence-electron chi connectivity index (χ1n) is 10.7. The molecule has 0 spiro atoms. The molecule has 3 nitrogen and oxygen atoms in total. The number of carboxylic acid groups (broad SMARTS) is 1. The van der Waals surface area contributed by atoms with Gasteiger partial charge in [0.2, 0.25) is 0 Å². The summed E-state index contributed by atoms with van der Waals surface area (Å²) < 4.78 is 0. The highest BCUT2D eigenvalue weighted by Gasteiger charge is 2.27. The molecule has 0 amide bonds. The van der Waals surface area contributed by atoms with Crippen LogP contribution >= 0.6 is 0 Å². The number of nitrogens with zero attached hydrogens (tertiary/aromatic N) is 1. The zero-order chi connectivity index (χ0) is 20.9. The maximum Gasteiger partial charge on any atom is 0.337 e. The van der Waals surface area contributed by atoms with Crippen molar-refractivity contribution in [3.05, 3.63) is 101 Å². The number of hydrogen-bond acceptors (Lipinski definition) is 2. The number of carboxylic acids is 1. The summed E-state index contributed by atoms with van der Waals surface area (Å²) in [5.74, 6) is -0.803. The van der Waals surface area contributed by atoms with Gasteiger partial charge in [0.05, 0.1) is 16.8 Å². The lowest BCUT2D eigenvalue weighted by Crippen LogP contribution is -2.18. The van der Waals surface area contributed by atoms with Crippen LogP contribution in [0, 0.1) is 0 Å². The minimum absolute atomic E-state index is 0.0975. The second-order valence-corrected chi connectivity index (χ2v) is 8.44. The van der Waals surface area contributed by atoms with Gasteiger partial charge in [0.25, 0.3) is 0 Å². The van der Waals surface area contributed by atoms with Crippen LogP contribution in [0.25, 0.3) is 32.4 Å². The largest absolute Gasteiger partial charge is 0.478 e. The van der Waals surface area contributed by atoms with Gasteiger partial charge in [-0.15, -0.1) is 0 Å². The van der Waals surface area contributed by atoms with Crippen LogP contribution in [-0.4, -0.2) is 16.1 Å². The van der Waals surface area contributed by atoms with E-state index in [1.54, 1.807) is 6.07 Å². The molecule has 1 heterocycles. The molecular formula is C28H21NO2. The van der Waals surface area contributed by atoms with Gasteiger partial charge >= 0.3 is 5.97 Å². The van der Waals surface area contributed by atoms with Crippen molar-refractivity contribution in [2.45, 2.75) is 25.2 Å². The van der Waals surface area contributed by atoms with Crippen molar-refractivity contribution < 1.29 is 9.90 Å². The molecule has 5 aromatic rings. The lowest BCUT2D eigenvalue weighted by Gasteiger charge is -2.27. The predicted molar refractivity (Wildman–Crippen MR) is 125 cm³/mol. The van der Waals surface area contributed by atoms with Crippen LogP contribution in [0.4, 0.5) is 0 Å². The van der Waals surface area contributed by atoms with Gasteiger partial charge in [-0.25, -0.2) is 4.79 Å². The average molecular weight is 403 g/mol. The van der Waals surface area contributed by atoms with Gasteiger partial charge in [-0.3, -0.25) is 4.98 Å². The molecule has 0 saturated carbocycles. The summed E-state index contributed by atoms with van der Waals surface area (Å²) in [7, 11) is 0. The molecule has 31 heavy (non-hydrogen) atoms. The number of fused-ring (bicyclic) bond motifs is 6. The SMILES string of the molecule is O=C(O)c1cc2ccccc2nc1C1CCc2ccc3c(ccc4ccccc43)c2C1. The number of carbonyl (C=O) groups is 1. The molecule has 3 heteroatoms. The maximum absolute atomic E-state index is 12.1. The Kier molecular flexibility index (Phi) is 4.03. The molecule has 1 aromatic heterocycles. The van der Waals surface area contributed by atoms with Crippen LogP contribution in [0.1, 0.15) is 39.5 Å². The maximum atomic E-state index is 12.1. The molecule has 0 fully saturated rings. The van der Waals surface area contributed by atoms with Gasteiger partial charge in [0.1, 0.15) is 0 Å². The quantitative estimate of drug-likeness (QED) is 0.342. The Balaban J connectivity index is 1.52. The Bertz CT molecular complexity index is 1500. The molecule has 4 aromatic carbocycles. The van der Waals surface area contributed by atoms with Crippen LogP contribution in [0.5, 0.6) is 0 Å². The number of para-hydroxylation sites is 1. The van der Waals surface area contributed by atoms with Crippen LogP contribution in [0.15, 0.2) is 78.9 Å². The van der Waals surface area contributed by atoms with E-state index < -0.39 is 5.97 Å². The Morgan fingerprint density at radius 1 is 0.839 bits per heavy atom. The molecule has 6 rings (SSSR count). The van der Waals surface area contributed by atoms with Gasteiger partial charge in [0.15, 0.2) is 0 Å². The van der Waals surface area contributed by atoms with E-state index in [9.17, 15) is 9.90 Å². The Labute approximate surface area is 180 Å². The van der Waals surface area contributed by atoms with Crippen molar-refractivity contribution in [3.8, 4) is 0 Å². The number of hydrogen-bond donors (Lipinski definition) is 1. The summed E-state index contributed by atoms with van der Waals surface area (Å²) in [6.07, 6.45) is 2.67. The smallest absolute Gasteiger partial charge is 0.337 e. The van der Waals surface area contributed by atoms with E-state index in [0.29, 0.717) is 5.56 Å². The lowest BCUT2D eigenvalue weighted by atomic mass is 9.78. The van der Waals surface area contributed by atoms with Gasteiger partial charge < -0.3 is 5.11 Å². The third-order valence-electron chi connectivity index (χ3n) is 6.72. The summed E-state index contributed by atoms with van der Waals surface area (Å²) in [5, 5.41) is 15.8. The molecule has 150 valence electrons. The average Bonchev–Trinajstić information content (AvgIpc) is 2.82. The monoisotopic (exact) mass is 403 g/mol.